The van der Waals surface area contributed by atoms with Crippen LogP contribution >= 0.6 is 24.0 Å². The summed E-state index contributed by atoms with van der Waals surface area (Å²) in [5.41, 5.74) is -0.0637. The summed E-state index contributed by atoms with van der Waals surface area (Å²) in [5.74, 6) is 1.08. The predicted octanol–water partition coefficient (Wildman–Crippen LogP) is 0.614. The van der Waals surface area contributed by atoms with Gasteiger partial charge in [0.15, 0.2) is 5.96 Å². The molecule has 0 aliphatic carbocycles. The first-order valence-corrected chi connectivity index (χ1v) is 10.2. The summed E-state index contributed by atoms with van der Waals surface area (Å²) in [7, 11) is 1.82. The van der Waals surface area contributed by atoms with E-state index in [0.29, 0.717) is 6.61 Å². The predicted molar refractivity (Wildman–Crippen MR) is 120 cm³/mol. The average molecular weight is 509 g/mol. The second kappa shape index (κ2) is 10.9. The first-order chi connectivity index (χ1) is 13.0. The molecule has 1 amide bonds. The molecule has 1 unspecified atom stereocenters. The summed E-state index contributed by atoms with van der Waals surface area (Å²) < 4.78 is 11.3. The number of carbonyl (C=O) groups is 1. The van der Waals surface area contributed by atoms with E-state index in [1.165, 1.54) is 0 Å². The summed E-state index contributed by atoms with van der Waals surface area (Å²) in [4.78, 5) is 23.5. The first kappa shape index (κ1) is 23.6. The Hall–Kier alpha value is -0.650. The van der Waals surface area contributed by atoms with Crippen molar-refractivity contribution in [2.24, 2.45) is 4.99 Å². The lowest BCUT2D eigenvalue weighted by molar-refractivity contribution is -0.142. The van der Waals surface area contributed by atoms with Crippen molar-refractivity contribution in [1.29, 1.82) is 0 Å². The van der Waals surface area contributed by atoms with Gasteiger partial charge in [0.1, 0.15) is 6.10 Å². The largest absolute Gasteiger partial charge is 0.373 e. The molecule has 0 bridgehead atoms. The Morgan fingerprint density at radius 3 is 2.46 bits per heavy atom. The molecule has 0 radical (unpaired) electrons. The number of hydrogen-bond acceptors (Lipinski definition) is 5. The highest BCUT2D eigenvalue weighted by atomic mass is 127. The van der Waals surface area contributed by atoms with Gasteiger partial charge in [-0.25, -0.2) is 0 Å². The summed E-state index contributed by atoms with van der Waals surface area (Å²) >= 11 is 0. The van der Waals surface area contributed by atoms with Crippen LogP contribution < -0.4 is 5.32 Å². The zero-order chi connectivity index (χ0) is 19.3. The number of ether oxygens (including phenoxy) is 2. The lowest BCUT2D eigenvalue weighted by Gasteiger charge is -2.39. The molecule has 3 aliphatic heterocycles. The molecule has 0 aromatic heterocycles. The van der Waals surface area contributed by atoms with Crippen molar-refractivity contribution in [2.45, 2.75) is 38.4 Å². The first-order valence-electron chi connectivity index (χ1n) is 10.2. The normalized spacial score (nSPS) is 26.1. The van der Waals surface area contributed by atoms with Gasteiger partial charge in [0.2, 0.25) is 0 Å². The number of nitrogens with zero attached hydrogens (tertiary/aromatic N) is 4. The van der Waals surface area contributed by atoms with Crippen LogP contribution in [0.25, 0.3) is 0 Å². The van der Waals surface area contributed by atoms with Gasteiger partial charge in [-0.15, -0.1) is 24.0 Å². The molecule has 1 atom stereocenters. The van der Waals surface area contributed by atoms with E-state index >= 15 is 0 Å². The molecule has 162 valence electrons. The average Bonchev–Trinajstić information content (AvgIpc) is 3.19. The topological polar surface area (TPSA) is 69.6 Å². The number of hydrogen-bond donors (Lipinski definition) is 1. The van der Waals surface area contributed by atoms with Crippen LogP contribution in [0.4, 0.5) is 0 Å². The van der Waals surface area contributed by atoms with Gasteiger partial charge in [-0.05, 0) is 26.7 Å². The molecule has 3 rings (SSSR count). The lowest BCUT2D eigenvalue weighted by Crippen LogP contribution is -2.56. The molecule has 0 aromatic carbocycles. The Labute approximate surface area is 186 Å². The van der Waals surface area contributed by atoms with Crippen LogP contribution in [0, 0.1) is 0 Å². The Morgan fingerprint density at radius 1 is 1.14 bits per heavy atom. The van der Waals surface area contributed by atoms with Crippen molar-refractivity contribution in [1.82, 2.24) is 20.0 Å². The Bertz CT molecular complexity index is 532. The quantitative estimate of drug-likeness (QED) is 0.341. The maximum Gasteiger partial charge on any atom is 0.251 e. The molecule has 0 spiro atoms. The fourth-order valence-electron chi connectivity index (χ4n) is 4.08. The Balaban J connectivity index is 0.00000280. The SMILES string of the molecule is CN=C(NCCN1CCOC(C)(C)C1)N1CCN(C(=O)C2CCCO2)CC1.I. The van der Waals surface area contributed by atoms with Gasteiger partial charge in [0.05, 0.1) is 12.2 Å². The summed E-state index contributed by atoms with van der Waals surface area (Å²) in [6, 6.07) is 0. The van der Waals surface area contributed by atoms with Crippen LogP contribution in [0.15, 0.2) is 4.99 Å². The van der Waals surface area contributed by atoms with Crippen LogP contribution in [0.1, 0.15) is 26.7 Å². The van der Waals surface area contributed by atoms with Gasteiger partial charge >= 0.3 is 0 Å². The third-order valence-electron chi connectivity index (χ3n) is 5.52. The van der Waals surface area contributed by atoms with Crippen molar-refractivity contribution in [2.75, 3.05) is 72.6 Å². The summed E-state index contributed by atoms with van der Waals surface area (Å²) in [5, 5.41) is 3.48. The van der Waals surface area contributed by atoms with E-state index in [4.69, 9.17) is 9.47 Å². The van der Waals surface area contributed by atoms with E-state index in [2.05, 4.69) is 34.0 Å². The molecule has 1 N–H and O–H groups in total. The van der Waals surface area contributed by atoms with Gasteiger partial charge < -0.3 is 24.6 Å². The third kappa shape index (κ3) is 6.43. The van der Waals surface area contributed by atoms with Crippen molar-refractivity contribution in [3.63, 3.8) is 0 Å². The van der Waals surface area contributed by atoms with E-state index in [1.807, 2.05) is 11.9 Å². The fraction of sp³-hybridized carbons (Fsp3) is 0.895. The van der Waals surface area contributed by atoms with Gasteiger partial charge in [-0.3, -0.25) is 14.7 Å². The molecule has 0 saturated carbocycles. The molecule has 0 aromatic rings. The standard InChI is InChI=1S/C19H35N5O3.HI/c1-19(2)15-22(12-14-27-19)7-6-21-18(20-3)24-10-8-23(9-11-24)17(25)16-5-4-13-26-16;/h16H,4-15H2,1-3H3,(H,20,21);1H. The number of piperazine rings is 1. The van der Waals surface area contributed by atoms with Crippen LogP contribution in [0.5, 0.6) is 0 Å². The summed E-state index contributed by atoms with van der Waals surface area (Å²) in [6.07, 6.45) is 1.64. The second-order valence-electron chi connectivity index (χ2n) is 8.17. The summed E-state index contributed by atoms with van der Waals surface area (Å²) in [6.45, 7) is 12.6. The zero-order valence-electron chi connectivity index (χ0n) is 17.5. The highest BCUT2D eigenvalue weighted by Gasteiger charge is 2.31. The second-order valence-corrected chi connectivity index (χ2v) is 8.17. The van der Waals surface area contributed by atoms with E-state index in [0.717, 1.165) is 77.8 Å². The molecular weight excluding hydrogens is 473 g/mol. The fourth-order valence-corrected chi connectivity index (χ4v) is 4.08. The number of rotatable bonds is 4. The minimum absolute atomic E-state index is 0. The molecule has 9 heteroatoms. The molecule has 3 heterocycles. The maximum absolute atomic E-state index is 12.5. The van der Waals surface area contributed by atoms with E-state index in [1.54, 1.807) is 0 Å². The highest BCUT2D eigenvalue weighted by molar-refractivity contribution is 14.0. The molecule has 3 saturated heterocycles. The minimum Gasteiger partial charge on any atom is -0.373 e. The number of halogens is 1. The van der Waals surface area contributed by atoms with Gasteiger partial charge in [-0.1, -0.05) is 0 Å². The highest BCUT2D eigenvalue weighted by Crippen LogP contribution is 2.17. The number of morpholine rings is 1. The molecule has 3 aliphatic rings. The number of aliphatic imine (C=N–C) groups is 1. The van der Waals surface area contributed by atoms with Crippen molar-refractivity contribution in [3.05, 3.63) is 0 Å². The van der Waals surface area contributed by atoms with Crippen LogP contribution in [-0.4, -0.2) is 111 Å². The third-order valence-corrected chi connectivity index (χ3v) is 5.52. The van der Waals surface area contributed by atoms with Crippen molar-refractivity contribution in [3.8, 4) is 0 Å². The van der Waals surface area contributed by atoms with Crippen LogP contribution in [0.3, 0.4) is 0 Å². The molecule has 28 heavy (non-hydrogen) atoms. The zero-order valence-corrected chi connectivity index (χ0v) is 19.8. The van der Waals surface area contributed by atoms with Gasteiger partial charge in [-0.2, -0.15) is 0 Å². The molecular formula is C19H36IN5O3. The maximum atomic E-state index is 12.5. The van der Waals surface area contributed by atoms with Crippen molar-refractivity contribution >= 4 is 35.8 Å². The van der Waals surface area contributed by atoms with Crippen LogP contribution in [-0.2, 0) is 14.3 Å². The van der Waals surface area contributed by atoms with E-state index < -0.39 is 0 Å². The van der Waals surface area contributed by atoms with Crippen molar-refractivity contribution < 1.29 is 14.3 Å². The lowest BCUT2D eigenvalue weighted by atomic mass is 10.1. The van der Waals surface area contributed by atoms with Gasteiger partial charge in [0.25, 0.3) is 5.91 Å². The molecule has 3 fully saturated rings. The number of carbonyl (C=O) groups excluding carboxylic acids is 1. The Morgan fingerprint density at radius 2 is 1.86 bits per heavy atom. The number of nitrogens with one attached hydrogen (secondary N) is 1. The molecule has 8 nitrogen and oxygen atoms in total. The van der Waals surface area contributed by atoms with E-state index in [-0.39, 0.29) is 41.6 Å². The Kier molecular flexibility index (Phi) is 9.23. The number of guanidine groups is 1. The van der Waals surface area contributed by atoms with Gasteiger partial charge in [0, 0.05) is 66.0 Å². The van der Waals surface area contributed by atoms with Crippen LogP contribution in [0.2, 0.25) is 0 Å². The van der Waals surface area contributed by atoms with E-state index in [9.17, 15) is 4.79 Å². The minimum atomic E-state index is -0.216. The smallest absolute Gasteiger partial charge is 0.251 e. The monoisotopic (exact) mass is 509 g/mol. The number of amides is 1.